The van der Waals surface area contributed by atoms with E-state index >= 15 is 0 Å². The van der Waals surface area contributed by atoms with Crippen LogP contribution in [0.15, 0.2) is 0 Å². The van der Waals surface area contributed by atoms with Crippen molar-refractivity contribution in [2.24, 2.45) is 0 Å². The topological polar surface area (TPSA) is 42.2 Å². The molecule has 0 aromatic rings. The van der Waals surface area contributed by atoms with Crippen molar-refractivity contribution >= 4 is 0 Å². The van der Waals surface area contributed by atoms with E-state index in [0.717, 1.165) is 19.4 Å². The molecule has 2 heteroatoms. The second kappa shape index (κ2) is 2.21. The minimum atomic E-state index is -0.512. The lowest BCUT2D eigenvalue weighted by Crippen LogP contribution is -2.43. The first kappa shape index (κ1) is 8.02. The maximum absolute atomic E-state index is 9.85. The highest BCUT2D eigenvalue weighted by Crippen LogP contribution is 2.36. The van der Waals surface area contributed by atoms with Crippen LogP contribution in [0.4, 0.5) is 0 Å². The van der Waals surface area contributed by atoms with Gasteiger partial charge in [0, 0.05) is 6.54 Å². The van der Waals surface area contributed by atoms with Crippen molar-refractivity contribution in [1.29, 1.82) is 0 Å². The Morgan fingerprint density at radius 2 is 2.10 bits per heavy atom. The molecule has 0 amide bonds. The van der Waals surface area contributed by atoms with Crippen LogP contribution in [-0.4, -0.2) is 22.8 Å². The molecule has 0 aromatic heterocycles. The van der Waals surface area contributed by atoms with Gasteiger partial charge < -0.3 is 10.4 Å². The number of hydrogen-bond donors (Lipinski definition) is 2. The summed E-state index contributed by atoms with van der Waals surface area (Å²) >= 11 is 0. The Morgan fingerprint density at radius 3 is 2.20 bits per heavy atom. The smallest absolute Gasteiger partial charge is 0.0810 e. The highest BCUT2D eigenvalue weighted by Gasteiger charge is 2.53. The zero-order valence-corrected chi connectivity index (χ0v) is 7.07. The molecule has 2 N–H and O–H groups in total. The standard InChI is InChI=1S/C8H17NO/c1-4-7(3,10)8(5-2)6-9-8/h9-10H,4-6H2,1-3H3/t7-,8?/m0/s1. The highest BCUT2D eigenvalue weighted by molar-refractivity contribution is 5.14. The fourth-order valence-corrected chi connectivity index (χ4v) is 1.46. The molecule has 10 heavy (non-hydrogen) atoms. The molecule has 0 saturated carbocycles. The Morgan fingerprint density at radius 1 is 1.60 bits per heavy atom. The molecule has 1 rings (SSSR count). The van der Waals surface area contributed by atoms with Crippen LogP contribution < -0.4 is 5.32 Å². The fraction of sp³-hybridized carbons (Fsp3) is 1.00. The quantitative estimate of drug-likeness (QED) is 0.576. The van der Waals surface area contributed by atoms with E-state index in [4.69, 9.17) is 0 Å². The highest BCUT2D eigenvalue weighted by atomic mass is 16.3. The summed E-state index contributed by atoms with van der Waals surface area (Å²) in [4.78, 5) is 0. The summed E-state index contributed by atoms with van der Waals surface area (Å²) < 4.78 is 0. The van der Waals surface area contributed by atoms with Crippen LogP contribution in [0.5, 0.6) is 0 Å². The van der Waals surface area contributed by atoms with Gasteiger partial charge in [-0.15, -0.1) is 0 Å². The molecule has 0 bridgehead atoms. The average molecular weight is 143 g/mol. The van der Waals surface area contributed by atoms with Crippen molar-refractivity contribution in [3.05, 3.63) is 0 Å². The van der Waals surface area contributed by atoms with E-state index in [1.165, 1.54) is 0 Å². The lowest BCUT2D eigenvalue weighted by Gasteiger charge is -2.29. The third-order valence-electron chi connectivity index (χ3n) is 2.93. The van der Waals surface area contributed by atoms with E-state index in [9.17, 15) is 5.11 Å². The second-order valence-electron chi connectivity index (χ2n) is 3.42. The molecule has 60 valence electrons. The van der Waals surface area contributed by atoms with E-state index in [-0.39, 0.29) is 5.54 Å². The Bertz CT molecular complexity index is 123. The van der Waals surface area contributed by atoms with Gasteiger partial charge in [-0.2, -0.15) is 0 Å². The zero-order chi connectivity index (χ0) is 7.83. The van der Waals surface area contributed by atoms with Gasteiger partial charge in [-0.25, -0.2) is 0 Å². The molecule has 1 unspecified atom stereocenters. The summed E-state index contributed by atoms with van der Waals surface area (Å²) in [5, 5.41) is 13.1. The summed E-state index contributed by atoms with van der Waals surface area (Å²) in [5.41, 5.74) is -0.469. The molecule has 1 aliphatic heterocycles. The van der Waals surface area contributed by atoms with Crippen LogP contribution in [0.1, 0.15) is 33.6 Å². The third kappa shape index (κ3) is 0.956. The van der Waals surface area contributed by atoms with Gasteiger partial charge in [0.2, 0.25) is 0 Å². The van der Waals surface area contributed by atoms with Crippen molar-refractivity contribution in [3.8, 4) is 0 Å². The molecule has 1 aliphatic rings. The van der Waals surface area contributed by atoms with E-state index in [1.807, 2.05) is 13.8 Å². The number of hydrogen-bond acceptors (Lipinski definition) is 2. The van der Waals surface area contributed by atoms with E-state index in [1.54, 1.807) is 0 Å². The van der Waals surface area contributed by atoms with Gasteiger partial charge in [-0.1, -0.05) is 13.8 Å². The van der Waals surface area contributed by atoms with E-state index in [2.05, 4.69) is 12.2 Å². The van der Waals surface area contributed by atoms with Gasteiger partial charge in [0.1, 0.15) is 0 Å². The molecular formula is C8H17NO. The van der Waals surface area contributed by atoms with Crippen molar-refractivity contribution in [2.75, 3.05) is 6.54 Å². The van der Waals surface area contributed by atoms with Crippen LogP contribution in [-0.2, 0) is 0 Å². The maximum Gasteiger partial charge on any atom is 0.0810 e. The predicted octanol–water partition coefficient (Wildman–Crippen LogP) is 0.899. The molecule has 0 aliphatic carbocycles. The van der Waals surface area contributed by atoms with Crippen molar-refractivity contribution in [3.63, 3.8) is 0 Å². The molecule has 1 heterocycles. The minimum absolute atomic E-state index is 0.0434. The monoisotopic (exact) mass is 143 g/mol. The van der Waals surface area contributed by atoms with Crippen LogP contribution in [0.25, 0.3) is 0 Å². The van der Waals surface area contributed by atoms with Crippen molar-refractivity contribution < 1.29 is 5.11 Å². The van der Waals surface area contributed by atoms with Gasteiger partial charge in [0.05, 0.1) is 11.1 Å². The molecule has 2 nitrogen and oxygen atoms in total. The Kier molecular flexibility index (Phi) is 1.77. The zero-order valence-electron chi connectivity index (χ0n) is 7.07. The first-order chi connectivity index (χ1) is 4.58. The molecule has 0 spiro atoms. The summed E-state index contributed by atoms with van der Waals surface area (Å²) in [7, 11) is 0. The molecular weight excluding hydrogens is 126 g/mol. The van der Waals surface area contributed by atoms with E-state index in [0.29, 0.717) is 0 Å². The summed E-state index contributed by atoms with van der Waals surface area (Å²) in [6.45, 7) is 7.03. The minimum Gasteiger partial charge on any atom is -0.388 e. The van der Waals surface area contributed by atoms with Crippen molar-refractivity contribution in [1.82, 2.24) is 5.32 Å². The van der Waals surface area contributed by atoms with Gasteiger partial charge in [-0.05, 0) is 19.8 Å². The first-order valence-electron chi connectivity index (χ1n) is 4.05. The fourth-order valence-electron chi connectivity index (χ4n) is 1.46. The Hall–Kier alpha value is -0.0800. The lowest BCUT2D eigenvalue weighted by molar-refractivity contribution is 0.0135. The van der Waals surface area contributed by atoms with Crippen molar-refractivity contribution in [2.45, 2.75) is 44.8 Å². The Balaban J connectivity index is 2.62. The molecule has 0 aromatic carbocycles. The predicted molar refractivity (Wildman–Crippen MR) is 41.9 cm³/mol. The number of aliphatic hydroxyl groups is 1. The largest absolute Gasteiger partial charge is 0.388 e. The summed E-state index contributed by atoms with van der Waals surface area (Å²) in [6.07, 6.45) is 1.85. The number of rotatable bonds is 3. The lowest BCUT2D eigenvalue weighted by atomic mass is 9.84. The second-order valence-corrected chi connectivity index (χ2v) is 3.42. The summed E-state index contributed by atoms with van der Waals surface area (Å²) in [6, 6.07) is 0. The third-order valence-corrected chi connectivity index (χ3v) is 2.93. The van der Waals surface area contributed by atoms with Gasteiger partial charge >= 0.3 is 0 Å². The summed E-state index contributed by atoms with van der Waals surface area (Å²) in [5.74, 6) is 0. The average Bonchev–Trinajstić information content (AvgIpc) is 2.67. The van der Waals surface area contributed by atoms with Gasteiger partial charge in [0.15, 0.2) is 0 Å². The first-order valence-corrected chi connectivity index (χ1v) is 4.05. The van der Waals surface area contributed by atoms with Gasteiger partial charge in [0.25, 0.3) is 0 Å². The van der Waals surface area contributed by atoms with Crippen LogP contribution in [0, 0.1) is 0 Å². The molecule has 1 fully saturated rings. The van der Waals surface area contributed by atoms with Crippen LogP contribution in [0.2, 0.25) is 0 Å². The van der Waals surface area contributed by atoms with Crippen LogP contribution in [0.3, 0.4) is 0 Å². The SMILES string of the molecule is CCC1([C@@](C)(O)CC)CN1. The molecule has 1 saturated heterocycles. The van der Waals surface area contributed by atoms with Crippen LogP contribution >= 0.6 is 0 Å². The molecule has 2 atom stereocenters. The van der Waals surface area contributed by atoms with Gasteiger partial charge in [-0.3, -0.25) is 0 Å². The molecule has 0 radical (unpaired) electrons. The van der Waals surface area contributed by atoms with E-state index < -0.39 is 5.60 Å². The Labute approximate surface area is 62.6 Å². The maximum atomic E-state index is 9.85. The normalized spacial score (nSPS) is 37.2. The number of nitrogens with one attached hydrogen (secondary N) is 1.